The molecule has 102 valence electrons. The van der Waals surface area contributed by atoms with Gasteiger partial charge in [-0.1, -0.05) is 23.7 Å². The second-order valence-corrected chi connectivity index (χ2v) is 6.99. The Morgan fingerprint density at radius 1 is 1.37 bits per heavy atom. The molecule has 0 atom stereocenters. The van der Waals surface area contributed by atoms with Gasteiger partial charge < -0.3 is 0 Å². The van der Waals surface area contributed by atoms with Gasteiger partial charge in [-0.3, -0.25) is 0 Å². The van der Waals surface area contributed by atoms with E-state index in [9.17, 15) is 8.42 Å². The average Bonchev–Trinajstić information content (AvgIpc) is 2.68. The molecule has 0 spiro atoms. The standard InChI is InChI=1S/C11H12ClN3O2S2/c1-7-11(8-2-4-9(12)5-3-8)15-10(18-7)6-14-19(13,16)17/h2-5,14H,6H2,1H3,(H2,13,16,17). The average molecular weight is 318 g/mol. The zero-order valence-corrected chi connectivity index (χ0v) is 12.4. The van der Waals surface area contributed by atoms with Crippen LogP contribution < -0.4 is 9.86 Å². The van der Waals surface area contributed by atoms with E-state index >= 15 is 0 Å². The van der Waals surface area contributed by atoms with E-state index in [1.807, 2.05) is 19.1 Å². The zero-order valence-electron chi connectivity index (χ0n) is 10.1. The number of nitrogens with one attached hydrogen (secondary N) is 1. The molecule has 19 heavy (non-hydrogen) atoms. The molecule has 1 aromatic heterocycles. The van der Waals surface area contributed by atoms with Crippen LogP contribution in [0.5, 0.6) is 0 Å². The fraction of sp³-hybridized carbons (Fsp3) is 0.182. The predicted octanol–water partition coefficient (Wildman–Crippen LogP) is 2.07. The van der Waals surface area contributed by atoms with Gasteiger partial charge in [0.1, 0.15) is 5.01 Å². The van der Waals surface area contributed by atoms with E-state index in [1.165, 1.54) is 11.3 Å². The van der Waals surface area contributed by atoms with Crippen LogP contribution in [0.15, 0.2) is 24.3 Å². The van der Waals surface area contributed by atoms with Crippen molar-refractivity contribution >= 4 is 33.1 Å². The molecule has 2 aromatic rings. The molecule has 0 aliphatic carbocycles. The summed E-state index contributed by atoms with van der Waals surface area (Å²) in [6.45, 7) is 2.03. The Bertz CT molecular complexity index is 680. The predicted molar refractivity (Wildman–Crippen MR) is 77.2 cm³/mol. The Morgan fingerprint density at radius 3 is 2.58 bits per heavy atom. The van der Waals surface area contributed by atoms with Crippen LogP contribution in [-0.2, 0) is 16.8 Å². The lowest BCUT2D eigenvalue weighted by Crippen LogP contribution is -2.30. The summed E-state index contributed by atoms with van der Waals surface area (Å²) in [6, 6.07) is 7.33. The van der Waals surface area contributed by atoms with Gasteiger partial charge in [-0.25, -0.2) is 10.1 Å². The summed E-state index contributed by atoms with van der Waals surface area (Å²) >= 11 is 7.26. The number of aromatic nitrogens is 1. The maximum absolute atomic E-state index is 10.8. The first kappa shape index (κ1) is 14.4. The van der Waals surface area contributed by atoms with Crippen molar-refractivity contribution in [1.29, 1.82) is 0 Å². The van der Waals surface area contributed by atoms with Gasteiger partial charge in [0.15, 0.2) is 0 Å². The SMILES string of the molecule is Cc1sc(CNS(N)(=O)=O)nc1-c1ccc(Cl)cc1. The van der Waals surface area contributed by atoms with E-state index in [2.05, 4.69) is 9.71 Å². The van der Waals surface area contributed by atoms with E-state index in [1.54, 1.807) is 12.1 Å². The second-order valence-electron chi connectivity index (χ2n) is 3.89. The number of nitrogens with zero attached hydrogens (tertiary/aromatic N) is 1. The highest BCUT2D eigenvalue weighted by molar-refractivity contribution is 7.87. The molecule has 0 aliphatic rings. The lowest BCUT2D eigenvalue weighted by Gasteiger charge is -1.99. The molecular formula is C11H12ClN3O2S2. The third kappa shape index (κ3) is 3.99. The molecule has 3 N–H and O–H groups in total. The molecule has 1 heterocycles. The molecule has 0 unspecified atom stereocenters. The minimum Gasteiger partial charge on any atom is -0.240 e. The highest BCUT2D eigenvalue weighted by Crippen LogP contribution is 2.28. The third-order valence-corrected chi connectivity index (χ3v) is 4.15. The fourth-order valence-electron chi connectivity index (χ4n) is 1.56. The van der Waals surface area contributed by atoms with Crippen molar-refractivity contribution in [3.8, 4) is 11.3 Å². The first-order valence-electron chi connectivity index (χ1n) is 5.35. The van der Waals surface area contributed by atoms with Gasteiger partial charge in [0.05, 0.1) is 12.2 Å². The van der Waals surface area contributed by atoms with E-state index in [-0.39, 0.29) is 6.54 Å². The summed E-state index contributed by atoms with van der Waals surface area (Å²) in [4.78, 5) is 5.41. The summed E-state index contributed by atoms with van der Waals surface area (Å²) in [7, 11) is -3.70. The number of thiazole rings is 1. The van der Waals surface area contributed by atoms with Crippen LogP contribution >= 0.6 is 22.9 Å². The maximum Gasteiger partial charge on any atom is 0.274 e. The summed E-state index contributed by atoms with van der Waals surface area (Å²) < 4.78 is 23.9. The molecule has 2 rings (SSSR count). The van der Waals surface area contributed by atoms with Crippen LogP contribution in [-0.4, -0.2) is 13.4 Å². The van der Waals surface area contributed by atoms with E-state index in [4.69, 9.17) is 16.7 Å². The van der Waals surface area contributed by atoms with Gasteiger partial charge in [0.2, 0.25) is 0 Å². The Kier molecular flexibility index (Phi) is 4.22. The van der Waals surface area contributed by atoms with Crippen LogP contribution in [0.4, 0.5) is 0 Å². The van der Waals surface area contributed by atoms with Crippen molar-refractivity contribution in [2.75, 3.05) is 0 Å². The number of rotatable bonds is 4. The Hall–Kier alpha value is -0.990. The molecule has 8 heteroatoms. The van der Waals surface area contributed by atoms with Crippen LogP contribution in [0.2, 0.25) is 5.02 Å². The first-order chi connectivity index (χ1) is 8.85. The quantitative estimate of drug-likeness (QED) is 0.905. The van der Waals surface area contributed by atoms with Crippen LogP contribution in [0.25, 0.3) is 11.3 Å². The molecule has 0 amide bonds. The van der Waals surface area contributed by atoms with E-state index < -0.39 is 10.2 Å². The van der Waals surface area contributed by atoms with Crippen molar-refractivity contribution in [1.82, 2.24) is 9.71 Å². The first-order valence-corrected chi connectivity index (χ1v) is 8.09. The lowest BCUT2D eigenvalue weighted by atomic mass is 10.1. The smallest absolute Gasteiger partial charge is 0.240 e. The van der Waals surface area contributed by atoms with Gasteiger partial charge >= 0.3 is 0 Å². The number of nitrogens with two attached hydrogens (primary N) is 1. The van der Waals surface area contributed by atoms with Gasteiger partial charge in [0, 0.05) is 15.5 Å². The molecular weight excluding hydrogens is 306 g/mol. The maximum atomic E-state index is 10.8. The highest BCUT2D eigenvalue weighted by Gasteiger charge is 2.11. The van der Waals surface area contributed by atoms with Crippen molar-refractivity contribution in [3.63, 3.8) is 0 Å². The lowest BCUT2D eigenvalue weighted by molar-refractivity contribution is 0.583. The molecule has 0 radical (unpaired) electrons. The third-order valence-electron chi connectivity index (χ3n) is 2.38. The van der Waals surface area contributed by atoms with Crippen molar-refractivity contribution < 1.29 is 8.42 Å². The second kappa shape index (κ2) is 5.56. The van der Waals surface area contributed by atoms with Crippen LogP contribution in [0, 0.1) is 6.92 Å². The topological polar surface area (TPSA) is 85.1 Å². The minimum atomic E-state index is -3.70. The Labute approximate surface area is 120 Å². The van der Waals surface area contributed by atoms with Gasteiger partial charge in [-0.2, -0.15) is 13.1 Å². The molecule has 5 nitrogen and oxygen atoms in total. The number of halogens is 1. The number of benzene rings is 1. The number of hydrogen-bond donors (Lipinski definition) is 2. The summed E-state index contributed by atoms with van der Waals surface area (Å²) in [5.41, 5.74) is 1.77. The summed E-state index contributed by atoms with van der Waals surface area (Å²) in [5.74, 6) is 0. The van der Waals surface area contributed by atoms with E-state index in [0.717, 1.165) is 16.1 Å². The van der Waals surface area contributed by atoms with Gasteiger partial charge in [0.25, 0.3) is 10.2 Å². The van der Waals surface area contributed by atoms with Crippen LogP contribution in [0.1, 0.15) is 9.88 Å². The van der Waals surface area contributed by atoms with E-state index in [0.29, 0.717) is 10.0 Å². The zero-order chi connectivity index (χ0) is 14.0. The van der Waals surface area contributed by atoms with Gasteiger partial charge in [-0.05, 0) is 19.1 Å². The molecule has 0 saturated carbocycles. The van der Waals surface area contributed by atoms with Gasteiger partial charge in [-0.15, -0.1) is 11.3 Å². The Morgan fingerprint density at radius 2 is 2.00 bits per heavy atom. The molecule has 0 fully saturated rings. The molecule has 0 aliphatic heterocycles. The number of hydrogen-bond acceptors (Lipinski definition) is 4. The molecule has 1 aromatic carbocycles. The molecule has 0 bridgehead atoms. The summed E-state index contributed by atoms with van der Waals surface area (Å²) in [5, 5.41) is 6.20. The fourth-order valence-corrected chi connectivity index (χ4v) is 3.01. The summed E-state index contributed by atoms with van der Waals surface area (Å²) in [6.07, 6.45) is 0. The monoisotopic (exact) mass is 317 g/mol. The Balaban J connectivity index is 2.24. The minimum absolute atomic E-state index is 0.0952. The van der Waals surface area contributed by atoms with Crippen molar-refractivity contribution in [2.24, 2.45) is 5.14 Å². The molecule has 0 saturated heterocycles. The normalized spacial score (nSPS) is 11.7. The van der Waals surface area contributed by atoms with Crippen molar-refractivity contribution in [2.45, 2.75) is 13.5 Å². The van der Waals surface area contributed by atoms with Crippen molar-refractivity contribution in [3.05, 3.63) is 39.2 Å². The number of aryl methyl sites for hydroxylation is 1. The van der Waals surface area contributed by atoms with Crippen LogP contribution in [0.3, 0.4) is 0 Å². The highest BCUT2D eigenvalue weighted by atomic mass is 35.5. The largest absolute Gasteiger partial charge is 0.274 e.